The molecule has 0 atom stereocenters. The van der Waals surface area contributed by atoms with E-state index in [2.05, 4.69) is 61.7 Å². The SMILES string of the molecule is COc1c(C23CC4CC(CC(C4)C2)C3)cc(-c2c(C)c3ccccn3c2C(C)C)cc1C12CC3CC(CC(C3)C1)C2. The number of aryl methyl sites for hydroxylation is 1. The molecule has 216 valence electrons. The molecule has 2 heteroatoms. The van der Waals surface area contributed by atoms with Crippen LogP contribution in [0.1, 0.15) is 119 Å². The van der Waals surface area contributed by atoms with Gasteiger partial charge in [0, 0.05) is 34.1 Å². The number of methoxy groups -OCH3 is 1. The van der Waals surface area contributed by atoms with Gasteiger partial charge in [0.15, 0.2) is 0 Å². The quantitative estimate of drug-likeness (QED) is 0.310. The smallest absolute Gasteiger partial charge is 0.126 e. The van der Waals surface area contributed by atoms with E-state index in [4.69, 9.17) is 4.74 Å². The number of nitrogens with zero attached hydrogens (tertiary/aromatic N) is 1. The molecule has 8 saturated carbocycles. The topological polar surface area (TPSA) is 13.6 Å². The number of benzene rings is 1. The van der Waals surface area contributed by atoms with Crippen LogP contribution >= 0.6 is 0 Å². The lowest BCUT2D eigenvalue weighted by atomic mass is 9.46. The van der Waals surface area contributed by atoms with Crippen LogP contribution < -0.4 is 4.74 Å². The molecule has 8 fully saturated rings. The molecule has 41 heavy (non-hydrogen) atoms. The zero-order valence-electron chi connectivity index (χ0n) is 25.8. The normalized spacial score (nSPS) is 38.5. The molecule has 0 saturated heterocycles. The molecular formula is C39H49NO. The molecule has 3 aromatic rings. The molecule has 8 aliphatic carbocycles. The van der Waals surface area contributed by atoms with E-state index in [1.807, 2.05) is 7.11 Å². The van der Waals surface area contributed by atoms with Crippen molar-refractivity contribution in [3.05, 3.63) is 58.9 Å². The first-order valence-corrected chi connectivity index (χ1v) is 17.2. The third-order valence-electron chi connectivity index (χ3n) is 13.5. The average molecular weight is 548 g/mol. The fraction of sp³-hybridized carbons (Fsp3) is 0.641. The molecule has 1 aromatic carbocycles. The third kappa shape index (κ3) is 3.55. The molecule has 2 nitrogen and oxygen atoms in total. The van der Waals surface area contributed by atoms with E-state index in [0.717, 1.165) is 35.5 Å². The lowest BCUT2D eigenvalue weighted by Gasteiger charge is -2.59. The summed E-state index contributed by atoms with van der Waals surface area (Å²) in [6.07, 6.45) is 19.6. The van der Waals surface area contributed by atoms with Crippen molar-refractivity contribution in [1.82, 2.24) is 4.40 Å². The molecule has 0 radical (unpaired) electrons. The maximum atomic E-state index is 6.71. The number of ether oxygens (including phenoxy) is 1. The van der Waals surface area contributed by atoms with Gasteiger partial charge in [-0.2, -0.15) is 0 Å². The van der Waals surface area contributed by atoms with Gasteiger partial charge in [-0.25, -0.2) is 0 Å². The fourth-order valence-electron chi connectivity index (χ4n) is 13.0. The Bertz CT molecular complexity index is 1400. The van der Waals surface area contributed by atoms with Gasteiger partial charge in [-0.1, -0.05) is 19.9 Å². The van der Waals surface area contributed by atoms with Crippen LogP contribution in [0.5, 0.6) is 5.75 Å². The number of pyridine rings is 1. The minimum absolute atomic E-state index is 0.318. The van der Waals surface area contributed by atoms with E-state index in [1.165, 1.54) is 111 Å². The monoisotopic (exact) mass is 547 g/mol. The van der Waals surface area contributed by atoms with Gasteiger partial charge in [0.2, 0.25) is 0 Å². The highest BCUT2D eigenvalue weighted by molar-refractivity contribution is 5.82. The molecule has 0 amide bonds. The van der Waals surface area contributed by atoms with Gasteiger partial charge in [-0.15, -0.1) is 0 Å². The summed E-state index contributed by atoms with van der Waals surface area (Å²) in [5.41, 5.74) is 11.2. The van der Waals surface area contributed by atoms with Gasteiger partial charge in [-0.05, 0) is 172 Å². The summed E-state index contributed by atoms with van der Waals surface area (Å²) in [6.45, 7) is 7.16. The van der Waals surface area contributed by atoms with Crippen LogP contribution in [0, 0.1) is 42.4 Å². The first-order chi connectivity index (χ1) is 19.8. The van der Waals surface area contributed by atoms with Crippen molar-refractivity contribution < 1.29 is 4.74 Å². The molecule has 0 aliphatic heterocycles. The van der Waals surface area contributed by atoms with Gasteiger partial charge in [0.1, 0.15) is 5.75 Å². The van der Waals surface area contributed by atoms with Crippen molar-refractivity contribution >= 4 is 5.52 Å². The zero-order chi connectivity index (χ0) is 27.7. The van der Waals surface area contributed by atoms with Crippen molar-refractivity contribution in [3.8, 4) is 16.9 Å². The number of rotatable bonds is 5. The second-order valence-corrected chi connectivity index (χ2v) is 16.5. The van der Waals surface area contributed by atoms with Crippen LogP contribution in [-0.2, 0) is 10.8 Å². The van der Waals surface area contributed by atoms with Crippen LogP contribution in [0.25, 0.3) is 16.6 Å². The molecular weight excluding hydrogens is 498 g/mol. The first-order valence-electron chi connectivity index (χ1n) is 17.2. The Balaban J connectivity index is 1.32. The average Bonchev–Trinajstić information content (AvgIpc) is 3.23. The standard InChI is InChI=1S/C39H49NO/c1-23(2)36-35(24(3)34-7-5-6-8-40(34)36)31-15-32(38-17-25-9-26(18-38)11-27(10-25)19-38)37(41-4)33(16-31)39-20-28-12-29(21-39)14-30(13-28)22-39/h5-8,15-16,23,25-30H,9-14,17-22H2,1-4H3. The Hall–Kier alpha value is -2.22. The molecule has 0 spiro atoms. The molecule has 2 heterocycles. The predicted molar refractivity (Wildman–Crippen MR) is 168 cm³/mol. The van der Waals surface area contributed by atoms with E-state index in [-0.39, 0.29) is 0 Å². The van der Waals surface area contributed by atoms with Gasteiger partial charge < -0.3 is 9.14 Å². The lowest BCUT2D eigenvalue weighted by Crippen LogP contribution is -2.50. The highest BCUT2D eigenvalue weighted by Crippen LogP contribution is 2.66. The Morgan fingerprint density at radius 2 is 1.20 bits per heavy atom. The molecule has 0 N–H and O–H groups in total. The zero-order valence-corrected chi connectivity index (χ0v) is 25.8. The van der Waals surface area contributed by atoms with Gasteiger partial charge in [-0.3, -0.25) is 0 Å². The molecule has 0 unspecified atom stereocenters. The Labute approximate surface area is 247 Å². The van der Waals surface area contributed by atoms with E-state index in [1.54, 1.807) is 11.1 Å². The molecule has 11 rings (SSSR count). The summed E-state index contributed by atoms with van der Waals surface area (Å²) in [7, 11) is 2.01. The maximum absolute atomic E-state index is 6.71. The second kappa shape index (κ2) is 8.67. The van der Waals surface area contributed by atoms with Crippen molar-refractivity contribution in [2.45, 2.75) is 115 Å². The van der Waals surface area contributed by atoms with Crippen molar-refractivity contribution in [2.75, 3.05) is 7.11 Å². The maximum Gasteiger partial charge on any atom is 0.126 e. The highest BCUT2D eigenvalue weighted by Gasteiger charge is 2.56. The Morgan fingerprint density at radius 3 is 1.61 bits per heavy atom. The fourth-order valence-corrected chi connectivity index (χ4v) is 13.0. The highest BCUT2D eigenvalue weighted by atomic mass is 16.5. The summed E-state index contributed by atoms with van der Waals surface area (Å²) in [4.78, 5) is 0. The number of hydrogen-bond acceptors (Lipinski definition) is 1. The third-order valence-corrected chi connectivity index (χ3v) is 13.5. The summed E-state index contributed by atoms with van der Waals surface area (Å²) in [5.74, 6) is 7.38. The molecule has 8 bridgehead atoms. The van der Waals surface area contributed by atoms with Crippen LogP contribution in [0.15, 0.2) is 36.5 Å². The van der Waals surface area contributed by atoms with Crippen LogP contribution in [0.4, 0.5) is 0 Å². The minimum Gasteiger partial charge on any atom is -0.496 e. The number of hydrogen-bond donors (Lipinski definition) is 0. The van der Waals surface area contributed by atoms with E-state index in [0.29, 0.717) is 16.7 Å². The van der Waals surface area contributed by atoms with Gasteiger partial charge in [0.05, 0.1) is 7.11 Å². The molecule has 8 aliphatic rings. The predicted octanol–water partition coefficient (Wildman–Crippen LogP) is 9.98. The van der Waals surface area contributed by atoms with Gasteiger partial charge in [0.25, 0.3) is 0 Å². The lowest BCUT2D eigenvalue weighted by molar-refractivity contribution is -0.0102. The summed E-state index contributed by atoms with van der Waals surface area (Å²) >= 11 is 0. The number of fused-ring (bicyclic) bond motifs is 1. The van der Waals surface area contributed by atoms with E-state index in [9.17, 15) is 0 Å². The minimum atomic E-state index is 0.318. The van der Waals surface area contributed by atoms with E-state index < -0.39 is 0 Å². The Morgan fingerprint density at radius 1 is 0.732 bits per heavy atom. The summed E-state index contributed by atoms with van der Waals surface area (Å²) < 4.78 is 9.20. The summed E-state index contributed by atoms with van der Waals surface area (Å²) in [6, 6.07) is 12.1. The molecule has 2 aromatic heterocycles. The largest absolute Gasteiger partial charge is 0.496 e. The van der Waals surface area contributed by atoms with Crippen molar-refractivity contribution in [1.29, 1.82) is 0 Å². The first kappa shape index (κ1) is 25.3. The van der Waals surface area contributed by atoms with Gasteiger partial charge >= 0.3 is 0 Å². The van der Waals surface area contributed by atoms with E-state index >= 15 is 0 Å². The Kier molecular flexibility index (Phi) is 5.35. The van der Waals surface area contributed by atoms with Crippen molar-refractivity contribution in [3.63, 3.8) is 0 Å². The van der Waals surface area contributed by atoms with Crippen LogP contribution in [-0.4, -0.2) is 11.5 Å². The summed E-state index contributed by atoms with van der Waals surface area (Å²) in [5, 5.41) is 0. The van der Waals surface area contributed by atoms with Crippen molar-refractivity contribution in [2.24, 2.45) is 35.5 Å². The van der Waals surface area contributed by atoms with Crippen LogP contribution in [0.3, 0.4) is 0 Å². The number of aromatic nitrogens is 1. The van der Waals surface area contributed by atoms with Crippen LogP contribution in [0.2, 0.25) is 0 Å². The second-order valence-electron chi connectivity index (χ2n) is 16.5.